The van der Waals surface area contributed by atoms with Crippen LogP contribution in [0.3, 0.4) is 0 Å². The molecule has 0 unspecified atom stereocenters. The number of para-hydroxylation sites is 1. The predicted molar refractivity (Wildman–Crippen MR) is 147 cm³/mol. The van der Waals surface area contributed by atoms with Gasteiger partial charge in [0.15, 0.2) is 5.58 Å². The van der Waals surface area contributed by atoms with Crippen molar-refractivity contribution in [3.63, 3.8) is 0 Å². The van der Waals surface area contributed by atoms with Gasteiger partial charge in [-0.05, 0) is 70.5 Å². The molecule has 0 spiro atoms. The fourth-order valence-corrected chi connectivity index (χ4v) is 4.27. The summed E-state index contributed by atoms with van der Waals surface area (Å²) < 4.78 is 5.95. The second-order valence-electron chi connectivity index (χ2n) is 10.3. The Morgan fingerprint density at radius 2 is 1.42 bits per heavy atom. The van der Waals surface area contributed by atoms with Crippen molar-refractivity contribution in [1.82, 2.24) is 4.98 Å². The maximum absolute atomic E-state index is 12.6. The Morgan fingerprint density at radius 3 is 2.03 bits per heavy atom. The SMILES string of the molecule is Cc1cccc2nc(-c3ccc(NC(=O)Cc4ccc(-c5ccc(C(C)(C)C)cc5)cc4)cc3)oc12. The summed E-state index contributed by atoms with van der Waals surface area (Å²) in [6.07, 6.45) is 0.315. The molecule has 0 saturated heterocycles. The summed E-state index contributed by atoms with van der Waals surface area (Å²) in [7, 11) is 0. The van der Waals surface area contributed by atoms with E-state index in [0.717, 1.165) is 39.0 Å². The number of benzene rings is 4. The Bertz CT molecular complexity index is 1500. The van der Waals surface area contributed by atoms with Gasteiger partial charge in [0.05, 0.1) is 6.42 Å². The number of hydrogen-bond donors (Lipinski definition) is 1. The molecule has 36 heavy (non-hydrogen) atoms. The van der Waals surface area contributed by atoms with E-state index in [4.69, 9.17) is 4.42 Å². The molecule has 0 aliphatic heterocycles. The number of rotatable bonds is 5. The lowest BCUT2D eigenvalue weighted by Gasteiger charge is -2.19. The number of aryl methyl sites for hydroxylation is 1. The number of nitrogens with zero attached hydrogens (tertiary/aromatic N) is 1. The first-order valence-corrected chi connectivity index (χ1v) is 12.2. The number of anilines is 1. The molecular weight excluding hydrogens is 444 g/mol. The van der Waals surface area contributed by atoms with E-state index in [9.17, 15) is 4.79 Å². The molecule has 0 aliphatic rings. The lowest BCUT2D eigenvalue weighted by molar-refractivity contribution is -0.115. The number of hydrogen-bond acceptors (Lipinski definition) is 3. The Morgan fingerprint density at radius 1 is 0.806 bits per heavy atom. The highest BCUT2D eigenvalue weighted by molar-refractivity contribution is 5.92. The summed E-state index contributed by atoms with van der Waals surface area (Å²) in [6, 6.07) is 30.4. The topological polar surface area (TPSA) is 55.1 Å². The van der Waals surface area contributed by atoms with Crippen molar-refractivity contribution >= 4 is 22.7 Å². The van der Waals surface area contributed by atoms with E-state index in [0.29, 0.717) is 12.3 Å². The molecule has 0 bridgehead atoms. The highest BCUT2D eigenvalue weighted by atomic mass is 16.3. The Balaban J connectivity index is 1.21. The number of oxazole rings is 1. The molecule has 0 aliphatic carbocycles. The molecule has 1 N–H and O–H groups in total. The van der Waals surface area contributed by atoms with E-state index in [-0.39, 0.29) is 11.3 Å². The first-order chi connectivity index (χ1) is 17.3. The zero-order valence-corrected chi connectivity index (χ0v) is 21.1. The fraction of sp³-hybridized carbons (Fsp3) is 0.188. The molecule has 5 aromatic rings. The van der Waals surface area contributed by atoms with Gasteiger partial charge >= 0.3 is 0 Å². The van der Waals surface area contributed by atoms with Crippen molar-refractivity contribution in [1.29, 1.82) is 0 Å². The standard InChI is InChI=1S/C32H30N2O2/c1-21-6-5-7-28-30(21)36-31(34-28)25-14-18-27(19-15-25)33-29(35)20-22-8-10-23(11-9-22)24-12-16-26(17-13-24)32(2,3)4/h5-19H,20H2,1-4H3,(H,33,35). The maximum atomic E-state index is 12.6. The Kier molecular flexibility index (Phi) is 6.19. The molecular formula is C32H30N2O2. The van der Waals surface area contributed by atoms with E-state index in [1.165, 1.54) is 11.1 Å². The van der Waals surface area contributed by atoms with Crippen LogP contribution >= 0.6 is 0 Å². The van der Waals surface area contributed by atoms with Crippen molar-refractivity contribution < 1.29 is 9.21 Å². The highest BCUT2D eigenvalue weighted by Gasteiger charge is 2.13. The third kappa shape index (κ3) is 5.08. The number of aromatic nitrogens is 1. The summed E-state index contributed by atoms with van der Waals surface area (Å²) >= 11 is 0. The average molecular weight is 475 g/mol. The van der Waals surface area contributed by atoms with Crippen LogP contribution in [-0.2, 0) is 16.6 Å². The number of fused-ring (bicyclic) bond motifs is 1. The van der Waals surface area contributed by atoms with Crippen molar-refractivity contribution in [3.05, 3.63) is 108 Å². The second-order valence-corrected chi connectivity index (χ2v) is 10.3. The second kappa shape index (κ2) is 9.46. The first-order valence-electron chi connectivity index (χ1n) is 12.2. The molecule has 180 valence electrons. The molecule has 0 saturated carbocycles. The van der Waals surface area contributed by atoms with Gasteiger partial charge in [-0.2, -0.15) is 0 Å². The van der Waals surface area contributed by atoms with E-state index in [1.54, 1.807) is 0 Å². The largest absolute Gasteiger partial charge is 0.436 e. The molecule has 4 aromatic carbocycles. The lowest BCUT2D eigenvalue weighted by Crippen LogP contribution is -2.14. The van der Waals surface area contributed by atoms with Crippen LogP contribution in [0.25, 0.3) is 33.7 Å². The van der Waals surface area contributed by atoms with Crippen molar-refractivity contribution in [2.75, 3.05) is 5.32 Å². The third-order valence-corrected chi connectivity index (χ3v) is 6.43. The quantitative estimate of drug-likeness (QED) is 0.281. The van der Waals surface area contributed by atoms with Crippen LogP contribution in [0.15, 0.2) is 95.4 Å². The zero-order valence-electron chi connectivity index (χ0n) is 21.1. The molecule has 1 amide bonds. The normalized spacial score (nSPS) is 11.6. The minimum absolute atomic E-state index is 0.0532. The van der Waals surface area contributed by atoms with Gasteiger partial charge in [-0.25, -0.2) is 4.98 Å². The molecule has 0 radical (unpaired) electrons. The molecule has 4 nitrogen and oxygen atoms in total. The van der Waals surface area contributed by atoms with Gasteiger partial charge in [0.1, 0.15) is 5.52 Å². The van der Waals surface area contributed by atoms with Crippen molar-refractivity contribution in [2.24, 2.45) is 0 Å². The first kappa shape index (κ1) is 23.6. The number of amides is 1. The smallest absolute Gasteiger partial charge is 0.228 e. The van der Waals surface area contributed by atoms with Crippen molar-refractivity contribution in [3.8, 4) is 22.6 Å². The highest BCUT2D eigenvalue weighted by Crippen LogP contribution is 2.28. The van der Waals surface area contributed by atoms with Crippen LogP contribution in [0.1, 0.15) is 37.5 Å². The molecule has 5 rings (SSSR count). The summed E-state index contributed by atoms with van der Waals surface area (Å²) in [5, 5.41) is 2.98. The maximum Gasteiger partial charge on any atom is 0.228 e. The number of carbonyl (C=O) groups is 1. The number of nitrogens with one attached hydrogen (secondary N) is 1. The van der Waals surface area contributed by atoms with E-state index < -0.39 is 0 Å². The van der Waals surface area contributed by atoms with Gasteiger partial charge < -0.3 is 9.73 Å². The van der Waals surface area contributed by atoms with E-state index >= 15 is 0 Å². The van der Waals surface area contributed by atoms with Gasteiger partial charge in [0.2, 0.25) is 11.8 Å². The van der Waals surface area contributed by atoms with Crippen molar-refractivity contribution in [2.45, 2.75) is 39.5 Å². The van der Waals surface area contributed by atoms with Crippen LogP contribution in [0.5, 0.6) is 0 Å². The van der Waals surface area contributed by atoms with Gasteiger partial charge in [-0.15, -0.1) is 0 Å². The van der Waals surface area contributed by atoms with Crippen LogP contribution in [-0.4, -0.2) is 10.9 Å². The van der Waals surface area contributed by atoms with E-state index in [2.05, 4.69) is 67.5 Å². The summed E-state index contributed by atoms with van der Waals surface area (Å²) in [5.74, 6) is 0.521. The minimum atomic E-state index is -0.0532. The lowest BCUT2D eigenvalue weighted by atomic mass is 9.86. The number of carbonyl (C=O) groups excluding carboxylic acids is 1. The van der Waals surface area contributed by atoms with Gasteiger partial charge in [-0.1, -0.05) is 81.4 Å². The predicted octanol–water partition coefficient (Wildman–Crippen LogP) is 7.95. The Labute approximate surface area is 212 Å². The zero-order chi connectivity index (χ0) is 25.3. The summed E-state index contributed by atoms with van der Waals surface area (Å²) in [6.45, 7) is 8.66. The van der Waals surface area contributed by atoms with Gasteiger partial charge in [0, 0.05) is 11.3 Å². The summed E-state index contributed by atoms with van der Waals surface area (Å²) in [5.41, 5.74) is 9.06. The molecule has 1 aromatic heterocycles. The minimum Gasteiger partial charge on any atom is -0.436 e. The Hall–Kier alpha value is -4.18. The molecule has 0 fully saturated rings. The van der Waals surface area contributed by atoms with Crippen LogP contribution < -0.4 is 5.32 Å². The molecule has 1 heterocycles. The molecule has 0 atom stereocenters. The van der Waals surface area contributed by atoms with E-state index in [1.807, 2.05) is 61.5 Å². The fourth-order valence-electron chi connectivity index (χ4n) is 4.27. The summed E-state index contributed by atoms with van der Waals surface area (Å²) in [4.78, 5) is 17.2. The van der Waals surface area contributed by atoms with Crippen LogP contribution in [0, 0.1) is 6.92 Å². The average Bonchev–Trinajstić information content (AvgIpc) is 3.30. The molecule has 4 heteroatoms. The van der Waals surface area contributed by atoms with Gasteiger partial charge in [-0.3, -0.25) is 4.79 Å². The van der Waals surface area contributed by atoms with Crippen LogP contribution in [0.2, 0.25) is 0 Å². The van der Waals surface area contributed by atoms with Crippen LogP contribution in [0.4, 0.5) is 5.69 Å². The third-order valence-electron chi connectivity index (χ3n) is 6.43. The van der Waals surface area contributed by atoms with Gasteiger partial charge in [0.25, 0.3) is 0 Å². The monoisotopic (exact) mass is 474 g/mol.